The second-order valence-corrected chi connectivity index (χ2v) is 2.56. The zero-order valence-corrected chi connectivity index (χ0v) is 6.85. The zero-order chi connectivity index (χ0) is 8.81. The van der Waals surface area contributed by atoms with Gasteiger partial charge in [-0.15, -0.1) is 6.58 Å². The van der Waals surface area contributed by atoms with E-state index in [1.165, 1.54) is 0 Å². The highest BCUT2D eigenvalue weighted by Gasteiger charge is 2.05. The topological polar surface area (TPSA) is 46.0 Å². The molecule has 1 atom stereocenters. The summed E-state index contributed by atoms with van der Waals surface area (Å²) in [4.78, 5) is 0. The number of aromatic nitrogens is 2. The fourth-order valence-corrected chi connectivity index (χ4v) is 0.940. The summed E-state index contributed by atoms with van der Waals surface area (Å²) in [5, 5.41) is 16.8. The molecule has 0 spiro atoms. The van der Waals surface area contributed by atoms with Gasteiger partial charge in [0.15, 0.2) is 0 Å². The summed E-state index contributed by atoms with van der Waals surface area (Å²) >= 11 is 0. The molecular formula is C9H12N2O. The highest BCUT2D eigenvalue weighted by Crippen LogP contribution is 2.15. The zero-order valence-electron chi connectivity index (χ0n) is 6.85. The smallest absolute Gasteiger partial charge is 0.0809 e. The highest BCUT2D eigenvalue weighted by molar-refractivity contribution is 5.08. The van der Waals surface area contributed by atoms with E-state index in [1.807, 2.05) is 0 Å². The molecule has 0 bridgehead atoms. The third kappa shape index (κ3) is 2.43. The summed E-state index contributed by atoms with van der Waals surface area (Å²) in [6.07, 6.45) is 6.00. The molecule has 1 aromatic rings. The van der Waals surface area contributed by atoms with E-state index in [1.54, 1.807) is 24.5 Å². The molecule has 0 amide bonds. The van der Waals surface area contributed by atoms with Crippen molar-refractivity contribution in [3.63, 3.8) is 0 Å². The molecule has 12 heavy (non-hydrogen) atoms. The van der Waals surface area contributed by atoms with E-state index in [9.17, 15) is 5.11 Å². The molecule has 0 saturated carbocycles. The predicted molar refractivity (Wildman–Crippen MR) is 46.4 cm³/mol. The van der Waals surface area contributed by atoms with Crippen LogP contribution in [0.2, 0.25) is 0 Å². The van der Waals surface area contributed by atoms with Crippen LogP contribution in [0.4, 0.5) is 0 Å². The molecule has 1 unspecified atom stereocenters. The number of aliphatic hydroxyl groups excluding tert-OH is 1. The van der Waals surface area contributed by atoms with Crippen molar-refractivity contribution in [3.05, 3.63) is 36.7 Å². The van der Waals surface area contributed by atoms with E-state index >= 15 is 0 Å². The summed E-state index contributed by atoms with van der Waals surface area (Å²) in [6.45, 7) is 3.59. The van der Waals surface area contributed by atoms with Crippen molar-refractivity contribution >= 4 is 0 Å². The average molecular weight is 164 g/mol. The van der Waals surface area contributed by atoms with E-state index in [0.717, 1.165) is 12.0 Å². The van der Waals surface area contributed by atoms with E-state index in [4.69, 9.17) is 0 Å². The number of hydrogen-bond donors (Lipinski definition) is 1. The van der Waals surface area contributed by atoms with Crippen molar-refractivity contribution in [2.75, 3.05) is 0 Å². The Kier molecular flexibility index (Phi) is 3.41. The first kappa shape index (κ1) is 8.87. The van der Waals surface area contributed by atoms with Crippen molar-refractivity contribution in [3.8, 4) is 0 Å². The Hall–Kier alpha value is -1.22. The Morgan fingerprint density at radius 1 is 1.58 bits per heavy atom. The Morgan fingerprint density at radius 3 is 3.00 bits per heavy atom. The Bertz CT molecular complexity index is 236. The molecule has 1 rings (SSSR count). The van der Waals surface area contributed by atoms with Gasteiger partial charge in [0.1, 0.15) is 0 Å². The van der Waals surface area contributed by atoms with Gasteiger partial charge in [-0.2, -0.15) is 10.2 Å². The van der Waals surface area contributed by atoms with Crippen LogP contribution < -0.4 is 0 Å². The van der Waals surface area contributed by atoms with Crippen molar-refractivity contribution in [2.24, 2.45) is 0 Å². The fourth-order valence-electron chi connectivity index (χ4n) is 0.940. The first-order valence-corrected chi connectivity index (χ1v) is 3.90. The summed E-state index contributed by atoms with van der Waals surface area (Å²) in [7, 11) is 0. The van der Waals surface area contributed by atoms with Crippen LogP contribution in [0.15, 0.2) is 31.1 Å². The van der Waals surface area contributed by atoms with Crippen LogP contribution in [0.3, 0.4) is 0 Å². The average Bonchev–Trinajstić information content (AvgIpc) is 2.15. The van der Waals surface area contributed by atoms with E-state index in [2.05, 4.69) is 16.8 Å². The first-order valence-electron chi connectivity index (χ1n) is 3.90. The molecule has 0 aliphatic heterocycles. The number of aliphatic hydroxyl groups is 1. The lowest BCUT2D eigenvalue weighted by molar-refractivity contribution is 0.168. The third-order valence-corrected chi connectivity index (χ3v) is 1.64. The van der Waals surface area contributed by atoms with Gasteiger partial charge in [-0.1, -0.05) is 6.08 Å². The highest BCUT2D eigenvalue weighted by atomic mass is 16.3. The minimum absolute atomic E-state index is 0.446. The summed E-state index contributed by atoms with van der Waals surface area (Å²) in [5.74, 6) is 0. The second kappa shape index (κ2) is 4.62. The Balaban J connectivity index is 2.53. The van der Waals surface area contributed by atoms with Crippen LogP contribution in [0, 0.1) is 0 Å². The third-order valence-electron chi connectivity index (χ3n) is 1.64. The number of nitrogens with zero attached hydrogens (tertiary/aromatic N) is 2. The van der Waals surface area contributed by atoms with E-state index in [0.29, 0.717) is 6.42 Å². The molecule has 0 aliphatic carbocycles. The largest absolute Gasteiger partial charge is 0.388 e. The van der Waals surface area contributed by atoms with Gasteiger partial charge in [-0.3, -0.25) is 0 Å². The van der Waals surface area contributed by atoms with Crippen molar-refractivity contribution in [1.29, 1.82) is 0 Å². The minimum Gasteiger partial charge on any atom is -0.388 e. The molecule has 0 aromatic carbocycles. The predicted octanol–water partition coefficient (Wildman–Crippen LogP) is 1.48. The maximum absolute atomic E-state index is 9.54. The Morgan fingerprint density at radius 2 is 2.42 bits per heavy atom. The molecule has 1 N–H and O–H groups in total. The normalized spacial score (nSPS) is 12.4. The maximum Gasteiger partial charge on any atom is 0.0809 e. The molecule has 0 radical (unpaired) electrons. The van der Waals surface area contributed by atoms with E-state index < -0.39 is 6.10 Å². The van der Waals surface area contributed by atoms with Gasteiger partial charge < -0.3 is 5.11 Å². The first-order chi connectivity index (χ1) is 5.84. The summed E-state index contributed by atoms with van der Waals surface area (Å²) in [6, 6.07) is 1.76. The molecule has 0 saturated heterocycles. The van der Waals surface area contributed by atoms with Gasteiger partial charge >= 0.3 is 0 Å². The summed E-state index contributed by atoms with van der Waals surface area (Å²) < 4.78 is 0. The van der Waals surface area contributed by atoms with Gasteiger partial charge in [0.2, 0.25) is 0 Å². The molecule has 1 heterocycles. The molecule has 3 heteroatoms. The van der Waals surface area contributed by atoms with Crippen LogP contribution in [0.5, 0.6) is 0 Å². The van der Waals surface area contributed by atoms with Crippen LogP contribution in [0.25, 0.3) is 0 Å². The van der Waals surface area contributed by atoms with Gasteiger partial charge in [0, 0.05) is 11.8 Å². The van der Waals surface area contributed by atoms with Gasteiger partial charge in [0.25, 0.3) is 0 Å². The van der Waals surface area contributed by atoms with Crippen LogP contribution in [-0.4, -0.2) is 15.3 Å². The molecule has 3 nitrogen and oxygen atoms in total. The number of allylic oxidation sites excluding steroid dienone is 1. The molecule has 1 aromatic heterocycles. The maximum atomic E-state index is 9.54. The number of hydrogen-bond acceptors (Lipinski definition) is 3. The van der Waals surface area contributed by atoms with Gasteiger partial charge in [0.05, 0.1) is 12.3 Å². The van der Waals surface area contributed by atoms with Gasteiger partial charge in [-0.05, 0) is 18.9 Å². The lowest BCUT2D eigenvalue weighted by Gasteiger charge is -2.07. The molecule has 0 fully saturated rings. The van der Waals surface area contributed by atoms with E-state index in [-0.39, 0.29) is 0 Å². The number of rotatable bonds is 4. The van der Waals surface area contributed by atoms with Gasteiger partial charge in [-0.25, -0.2) is 0 Å². The minimum atomic E-state index is -0.446. The van der Waals surface area contributed by atoms with Crippen LogP contribution >= 0.6 is 0 Å². The monoisotopic (exact) mass is 164 g/mol. The Labute approximate surface area is 71.8 Å². The quantitative estimate of drug-likeness (QED) is 0.685. The molecule has 64 valence electrons. The fraction of sp³-hybridized carbons (Fsp3) is 0.333. The SMILES string of the molecule is C=CCCC(O)c1ccnnc1. The lowest BCUT2D eigenvalue weighted by atomic mass is 10.1. The van der Waals surface area contributed by atoms with Crippen molar-refractivity contribution in [2.45, 2.75) is 18.9 Å². The van der Waals surface area contributed by atoms with Crippen molar-refractivity contribution < 1.29 is 5.11 Å². The van der Waals surface area contributed by atoms with Crippen molar-refractivity contribution in [1.82, 2.24) is 10.2 Å². The lowest BCUT2D eigenvalue weighted by Crippen LogP contribution is -1.97. The second-order valence-electron chi connectivity index (χ2n) is 2.56. The summed E-state index contributed by atoms with van der Waals surface area (Å²) in [5.41, 5.74) is 0.812. The molecular weight excluding hydrogens is 152 g/mol. The molecule has 0 aliphatic rings. The van der Waals surface area contributed by atoms with Crippen LogP contribution in [0.1, 0.15) is 24.5 Å². The standard InChI is InChI=1S/C9H12N2O/c1-2-3-4-9(12)8-5-6-10-11-7-8/h2,5-7,9,12H,1,3-4H2. The van der Waals surface area contributed by atoms with Crippen LogP contribution in [-0.2, 0) is 0 Å².